The average Bonchev–Trinajstić information content (AvgIpc) is 2.27. The van der Waals surface area contributed by atoms with Crippen molar-refractivity contribution in [2.75, 3.05) is 5.73 Å². The van der Waals surface area contributed by atoms with Crippen molar-refractivity contribution < 1.29 is 9.90 Å². The van der Waals surface area contributed by atoms with Gasteiger partial charge in [-0.15, -0.1) is 0 Å². The first-order valence-corrected chi connectivity index (χ1v) is 5.75. The van der Waals surface area contributed by atoms with Gasteiger partial charge in [-0.2, -0.15) is 0 Å². The van der Waals surface area contributed by atoms with Crippen LogP contribution < -0.4 is 5.73 Å². The highest BCUT2D eigenvalue weighted by molar-refractivity contribution is 6.33. The number of nitrogen functional groups attached to an aromatic ring is 1. The van der Waals surface area contributed by atoms with Crippen molar-refractivity contribution in [1.29, 1.82) is 0 Å². The van der Waals surface area contributed by atoms with Gasteiger partial charge in [-0.3, -0.25) is 0 Å². The molecule has 92 valence electrons. The molecule has 18 heavy (non-hydrogen) atoms. The monoisotopic (exact) mass is 261 g/mol. The van der Waals surface area contributed by atoms with Gasteiger partial charge in [-0.25, -0.2) is 4.79 Å². The summed E-state index contributed by atoms with van der Waals surface area (Å²) < 4.78 is 0. The van der Waals surface area contributed by atoms with E-state index in [2.05, 4.69) is 0 Å². The van der Waals surface area contributed by atoms with E-state index in [0.29, 0.717) is 16.3 Å². The Bertz CT molecular complexity index is 623. The van der Waals surface area contributed by atoms with Crippen molar-refractivity contribution in [3.63, 3.8) is 0 Å². The van der Waals surface area contributed by atoms with E-state index in [9.17, 15) is 4.79 Å². The number of carbonyl (C=O) groups is 1. The minimum absolute atomic E-state index is 0.154. The molecule has 0 fully saturated rings. The van der Waals surface area contributed by atoms with Crippen molar-refractivity contribution >= 4 is 23.3 Å². The minimum Gasteiger partial charge on any atom is -0.478 e. The number of rotatable bonds is 2. The van der Waals surface area contributed by atoms with Crippen LogP contribution in [0.5, 0.6) is 0 Å². The summed E-state index contributed by atoms with van der Waals surface area (Å²) in [7, 11) is 0. The summed E-state index contributed by atoms with van der Waals surface area (Å²) in [6.45, 7) is 1.94. The standard InChI is InChI=1S/C14H12ClNO2/c1-8-2-3-12(13(15)4-8)9-5-10(14(17)18)7-11(16)6-9/h2-7H,16H2,1H3,(H,17,18). The highest BCUT2D eigenvalue weighted by atomic mass is 35.5. The van der Waals surface area contributed by atoms with Crippen LogP contribution in [0.1, 0.15) is 15.9 Å². The molecule has 0 bridgehead atoms. The Kier molecular flexibility index (Phi) is 3.26. The molecule has 0 unspecified atom stereocenters. The fraction of sp³-hybridized carbons (Fsp3) is 0.0714. The summed E-state index contributed by atoms with van der Waals surface area (Å²) in [5, 5.41) is 9.59. The third-order valence-corrected chi connectivity index (χ3v) is 2.95. The maximum Gasteiger partial charge on any atom is 0.335 e. The third-order valence-electron chi connectivity index (χ3n) is 2.64. The number of benzene rings is 2. The molecule has 3 N–H and O–H groups in total. The average molecular weight is 262 g/mol. The highest BCUT2D eigenvalue weighted by Crippen LogP contribution is 2.30. The lowest BCUT2D eigenvalue weighted by Gasteiger charge is -2.08. The maximum absolute atomic E-state index is 11.0. The second-order valence-corrected chi connectivity index (χ2v) is 4.54. The van der Waals surface area contributed by atoms with Crippen LogP contribution in [0.2, 0.25) is 5.02 Å². The molecule has 3 nitrogen and oxygen atoms in total. The number of hydrogen-bond acceptors (Lipinski definition) is 2. The molecule has 2 rings (SSSR count). The first-order valence-electron chi connectivity index (χ1n) is 5.38. The SMILES string of the molecule is Cc1ccc(-c2cc(N)cc(C(=O)O)c2)c(Cl)c1. The molecule has 0 aromatic heterocycles. The Morgan fingerprint density at radius 1 is 1.22 bits per heavy atom. The van der Waals surface area contributed by atoms with Crippen molar-refractivity contribution in [2.24, 2.45) is 0 Å². The molecule has 0 saturated carbocycles. The summed E-state index contributed by atoms with van der Waals surface area (Å²) in [6, 6.07) is 10.3. The van der Waals surface area contributed by atoms with E-state index in [0.717, 1.165) is 11.1 Å². The number of aryl methyl sites for hydroxylation is 1. The second kappa shape index (κ2) is 4.70. The van der Waals surface area contributed by atoms with Crippen LogP contribution in [0, 0.1) is 6.92 Å². The lowest BCUT2D eigenvalue weighted by atomic mass is 10.0. The molecule has 0 aliphatic heterocycles. The van der Waals surface area contributed by atoms with Gasteiger partial charge in [0.15, 0.2) is 0 Å². The molecule has 0 radical (unpaired) electrons. The van der Waals surface area contributed by atoms with E-state index in [1.54, 1.807) is 12.1 Å². The normalized spacial score (nSPS) is 10.3. The molecule has 0 aliphatic rings. The zero-order chi connectivity index (χ0) is 13.3. The van der Waals surface area contributed by atoms with Crippen LogP contribution in [0.25, 0.3) is 11.1 Å². The van der Waals surface area contributed by atoms with Gasteiger partial charge in [-0.05, 0) is 42.3 Å². The van der Waals surface area contributed by atoms with Crippen molar-refractivity contribution in [3.05, 3.63) is 52.5 Å². The number of anilines is 1. The predicted octanol–water partition coefficient (Wildman–Crippen LogP) is 3.60. The molecule has 0 saturated heterocycles. The number of carboxylic acid groups (broad SMARTS) is 1. The van der Waals surface area contributed by atoms with Gasteiger partial charge in [0.1, 0.15) is 0 Å². The summed E-state index contributed by atoms with van der Waals surface area (Å²) in [5.41, 5.74) is 8.79. The summed E-state index contributed by atoms with van der Waals surface area (Å²) in [6.07, 6.45) is 0. The van der Waals surface area contributed by atoms with Gasteiger partial charge >= 0.3 is 5.97 Å². The van der Waals surface area contributed by atoms with Crippen LogP contribution in [-0.2, 0) is 0 Å². The van der Waals surface area contributed by atoms with E-state index in [-0.39, 0.29) is 5.56 Å². The van der Waals surface area contributed by atoms with Crippen molar-refractivity contribution in [2.45, 2.75) is 6.92 Å². The first kappa shape index (κ1) is 12.5. The van der Waals surface area contributed by atoms with Crippen molar-refractivity contribution in [1.82, 2.24) is 0 Å². The molecule has 2 aromatic rings. The van der Waals surface area contributed by atoms with Gasteiger partial charge in [0, 0.05) is 16.3 Å². The van der Waals surface area contributed by atoms with Gasteiger partial charge in [-0.1, -0.05) is 23.7 Å². The van der Waals surface area contributed by atoms with Crippen molar-refractivity contribution in [3.8, 4) is 11.1 Å². The van der Waals surface area contributed by atoms with E-state index in [1.807, 2.05) is 25.1 Å². The lowest BCUT2D eigenvalue weighted by molar-refractivity contribution is 0.0697. The Hall–Kier alpha value is -2.00. The molecular weight excluding hydrogens is 250 g/mol. The van der Waals surface area contributed by atoms with Gasteiger partial charge in [0.05, 0.1) is 5.56 Å². The predicted molar refractivity (Wildman–Crippen MR) is 73.0 cm³/mol. The van der Waals surface area contributed by atoms with Gasteiger partial charge in [0.2, 0.25) is 0 Å². The fourth-order valence-electron chi connectivity index (χ4n) is 1.78. The Labute approximate surface area is 110 Å². The summed E-state index contributed by atoms with van der Waals surface area (Å²) in [4.78, 5) is 11.0. The van der Waals surface area contributed by atoms with E-state index in [4.69, 9.17) is 22.4 Å². The smallest absolute Gasteiger partial charge is 0.335 e. The van der Waals surface area contributed by atoms with Crippen LogP contribution in [-0.4, -0.2) is 11.1 Å². The van der Waals surface area contributed by atoms with E-state index >= 15 is 0 Å². The fourth-order valence-corrected chi connectivity index (χ4v) is 2.13. The van der Waals surface area contributed by atoms with E-state index in [1.165, 1.54) is 6.07 Å². The number of carboxylic acids is 1. The quantitative estimate of drug-likeness (QED) is 0.812. The largest absolute Gasteiger partial charge is 0.478 e. The number of nitrogens with two attached hydrogens (primary N) is 1. The molecule has 4 heteroatoms. The number of aromatic carboxylic acids is 1. The number of halogens is 1. The molecule has 0 aliphatic carbocycles. The first-order chi connectivity index (χ1) is 8.47. The Balaban J connectivity index is 2.60. The molecule has 0 atom stereocenters. The summed E-state index contributed by atoms with van der Waals surface area (Å²) in [5.74, 6) is -1.01. The zero-order valence-corrected chi connectivity index (χ0v) is 10.5. The molecule has 0 spiro atoms. The number of hydrogen-bond donors (Lipinski definition) is 2. The lowest BCUT2D eigenvalue weighted by Crippen LogP contribution is -1.99. The van der Waals surface area contributed by atoms with Gasteiger partial charge < -0.3 is 10.8 Å². The third kappa shape index (κ3) is 2.46. The van der Waals surface area contributed by atoms with Gasteiger partial charge in [0.25, 0.3) is 0 Å². The Morgan fingerprint density at radius 3 is 2.56 bits per heavy atom. The van der Waals surface area contributed by atoms with Crippen LogP contribution in [0.3, 0.4) is 0 Å². The molecular formula is C14H12ClNO2. The second-order valence-electron chi connectivity index (χ2n) is 4.13. The van der Waals surface area contributed by atoms with E-state index < -0.39 is 5.97 Å². The maximum atomic E-state index is 11.0. The molecule has 0 heterocycles. The highest BCUT2D eigenvalue weighted by Gasteiger charge is 2.09. The Morgan fingerprint density at radius 2 is 1.94 bits per heavy atom. The topological polar surface area (TPSA) is 63.3 Å². The summed E-state index contributed by atoms with van der Waals surface area (Å²) >= 11 is 6.16. The molecule has 0 amide bonds. The molecule has 2 aromatic carbocycles. The zero-order valence-electron chi connectivity index (χ0n) is 9.77. The van der Waals surface area contributed by atoms with Crippen LogP contribution >= 0.6 is 11.6 Å². The minimum atomic E-state index is -1.01. The van der Waals surface area contributed by atoms with Crippen LogP contribution in [0.15, 0.2) is 36.4 Å². The van der Waals surface area contributed by atoms with Crippen LogP contribution in [0.4, 0.5) is 5.69 Å².